The molecule has 112 valence electrons. The lowest BCUT2D eigenvalue weighted by atomic mass is 9.94. The zero-order chi connectivity index (χ0) is 15.3. The molecule has 1 unspecified atom stereocenters. The zero-order valence-electron chi connectivity index (χ0n) is 12.7. The number of fused-ring (bicyclic) bond motifs is 1. The number of aliphatic hydroxyl groups is 1. The largest absolute Gasteiger partial charge is 0.396 e. The van der Waals surface area contributed by atoms with Gasteiger partial charge in [-0.2, -0.15) is 0 Å². The molecule has 2 N–H and O–H groups in total. The van der Waals surface area contributed by atoms with Crippen molar-refractivity contribution < 1.29 is 9.90 Å². The van der Waals surface area contributed by atoms with Gasteiger partial charge in [0.2, 0.25) is 5.91 Å². The van der Waals surface area contributed by atoms with Crippen LogP contribution in [0.3, 0.4) is 0 Å². The minimum absolute atomic E-state index is 0.00285. The molecule has 0 fully saturated rings. The van der Waals surface area contributed by atoms with Crippen LogP contribution in [0.4, 0.5) is 0 Å². The van der Waals surface area contributed by atoms with E-state index in [4.69, 9.17) is 5.11 Å². The third-order valence-electron chi connectivity index (χ3n) is 4.06. The highest BCUT2D eigenvalue weighted by Crippen LogP contribution is 2.17. The summed E-state index contributed by atoms with van der Waals surface area (Å²) in [5, 5.41) is 14.5. The van der Waals surface area contributed by atoms with Crippen LogP contribution in [-0.2, 0) is 11.2 Å². The highest BCUT2D eigenvalue weighted by molar-refractivity contribution is 5.85. The van der Waals surface area contributed by atoms with Crippen LogP contribution in [0.2, 0.25) is 0 Å². The fraction of sp³-hybridized carbons (Fsp3) is 0.389. The number of rotatable bonds is 6. The van der Waals surface area contributed by atoms with Crippen molar-refractivity contribution in [1.82, 2.24) is 5.32 Å². The van der Waals surface area contributed by atoms with Gasteiger partial charge >= 0.3 is 0 Å². The molecule has 0 radical (unpaired) electrons. The third-order valence-corrected chi connectivity index (χ3v) is 4.06. The maximum Gasteiger partial charge on any atom is 0.224 e. The quantitative estimate of drug-likeness (QED) is 0.857. The summed E-state index contributed by atoms with van der Waals surface area (Å²) in [5.74, 6) is 0.00285. The molecule has 0 heterocycles. The number of carbonyl (C=O) groups excluding carboxylic acids is 1. The lowest BCUT2D eigenvalue weighted by molar-refractivity contribution is -0.122. The van der Waals surface area contributed by atoms with E-state index < -0.39 is 0 Å². The number of amides is 1. The minimum atomic E-state index is -0.331. The van der Waals surface area contributed by atoms with Crippen LogP contribution in [-0.4, -0.2) is 23.2 Å². The molecule has 2 aromatic carbocycles. The molecule has 0 aliphatic carbocycles. The molecule has 3 heteroatoms. The van der Waals surface area contributed by atoms with Gasteiger partial charge in [-0.3, -0.25) is 4.79 Å². The molecule has 0 aliphatic rings. The van der Waals surface area contributed by atoms with Gasteiger partial charge in [0.1, 0.15) is 0 Å². The second kappa shape index (κ2) is 6.72. The molecular weight excluding hydrogens is 262 g/mol. The molecule has 2 rings (SSSR count). The summed E-state index contributed by atoms with van der Waals surface area (Å²) >= 11 is 0. The van der Waals surface area contributed by atoms with Gasteiger partial charge in [0, 0.05) is 12.1 Å². The average molecular weight is 285 g/mol. The summed E-state index contributed by atoms with van der Waals surface area (Å²) in [5.41, 5.74) is 0.677. The summed E-state index contributed by atoms with van der Waals surface area (Å²) in [6, 6.07) is 14.2. The predicted molar refractivity (Wildman–Crippen MR) is 86.2 cm³/mol. The van der Waals surface area contributed by atoms with E-state index in [0.29, 0.717) is 12.8 Å². The number of hydrogen-bond donors (Lipinski definition) is 2. The smallest absolute Gasteiger partial charge is 0.224 e. The van der Waals surface area contributed by atoms with E-state index >= 15 is 0 Å². The van der Waals surface area contributed by atoms with E-state index in [-0.39, 0.29) is 18.1 Å². The third kappa shape index (κ3) is 4.05. The van der Waals surface area contributed by atoms with E-state index in [0.717, 1.165) is 17.4 Å². The van der Waals surface area contributed by atoms with Crippen molar-refractivity contribution in [1.29, 1.82) is 0 Å². The molecular formula is C18H23NO2. The van der Waals surface area contributed by atoms with Crippen molar-refractivity contribution >= 4 is 16.7 Å². The Morgan fingerprint density at radius 1 is 1.19 bits per heavy atom. The Hall–Kier alpha value is -1.87. The van der Waals surface area contributed by atoms with Crippen molar-refractivity contribution in [2.45, 2.75) is 38.6 Å². The maximum absolute atomic E-state index is 12.2. The monoisotopic (exact) mass is 285 g/mol. The lowest BCUT2D eigenvalue weighted by Gasteiger charge is -2.29. The average Bonchev–Trinajstić information content (AvgIpc) is 2.47. The van der Waals surface area contributed by atoms with E-state index in [1.54, 1.807) is 0 Å². The van der Waals surface area contributed by atoms with Crippen molar-refractivity contribution in [3.05, 3.63) is 48.0 Å². The summed E-state index contributed by atoms with van der Waals surface area (Å²) in [7, 11) is 0. The Morgan fingerprint density at radius 3 is 2.57 bits per heavy atom. The van der Waals surface area contributed by atoms with Crippen LogP contribution in [0.1, 0.15) is 32.3 Å². The molecule has 2 aromatic rings. The van der Waals surface area contributed by atoms with Crippen molar-refractivity contribution in [2.75, 3.05) is 6.61 Å². The van der Waals surface area contributed by atoms with E-state index in [9.17, 15) is 4.79 Å². The molecule has 0 saturated heterocycles. The second-order valence-corrected chi connectivity index (χ2v) is 5.79. The fourth-order valence-electron chi connectivity index (χ4n) is 2.49. The van der Waals surface area contributed by atoms with Crippen LogP contribution < -0.4 is 5.32 Å². The standard InChI is InChI=1S/C18H23NO2/c1-3-18(2,10-11-20)19-17(21)13-14-8-9-15-6-4-5-7-16(15)12-14/h4-9,12,20H,3,10-11,13H2,1-2H3,(H,19,21). The normalized spacial score (nSPS) is 13.9. The summed E-state index contributed by atoms with van der Waals surface area (Å²) in [4.78, 5) is 12.2. The Bertz CT molecular complexity index is 623. The predicted octanol–water partition coefficient (Wildman–Crippen LogP) is 3.05. The highest BCUT2D eigenvalue weighted by Gasteiger charge is 2.23. The molecule has 0 bridgehead atoms. The number of aliphatic hydroxyl groups excluding tert-OH is 1. The molecule has 0 spiro atoms. The van der Waals surface area contributed by atoms with Crippen LogP contribution >= 0.6 is 0 Å². The topological polar surface area (TPSA) is 49.3 Å². The van der Waals surface area contributed by atoms with Crippen molar-refractivity contribution in [2.24, 2.45) is 0 Å². The SMILES string of the molecule is CCC(C)(CCO)NC(=O)Cc1ccc2ccccc2c1. The first-order valence-electron chi connectivity index (χ1n) is 7.46. The Morgan fingerprint density at radius 2 is 1.90 bits per heavy atom. The van der Waals surface area contributed by atoms with Crippen LogP contribution in [0.25, 0.3) is 10.8 Å². The van der Waals surface area contributed by atoms with Crippen molar-refractivity contribution in [3.8, 4) is 0 Å². The van der Waals surface area contributed by atoms with Gasteiger partial charge in [-0.1, -0.05) is 49.4 Å². The van der Waals surface area contributed by atoms with Crippen LogP contribution in [0.15, 0.2) is 42.5 Å². The summed E-state index contributed by atoms with van der Waals surface area (Å²) in [6.45, 7) is 4.08. The second-order valence-electron chi connectivity index (χ2n) is 5.79. The van der Waals surface area contributed by atoms with Gasteiger partial charge in [-0.25, -0.2) is 0 Å². The van der Waals surface area contributed by atoms with E-state index in [1.807, 2.05) is 38.1 Å². The molecule has 0 aliphatic heterocycles. The molecule has 3 nitrogen and oxygen atoms in total. The molecule has 21 heavy (non-hydrogen) atoms. The van der Waals surface area contributed by atoms with Gasteiger partial charge in [0.05, 0.1) is 6.42 Å². The van der Waals surface area contributed by atoms with Gasteiger partial charge < -0.3 is 10.4 Å². The molecule has 1 atom stereocenters. The van der Waals surface area contributed by atoms with Gasteiger partial charge in [0.15, 0.2) is 0 Å². The van der Waals surface area contributed by atoms with Gasteiger partial charge in [0.25, 0.3) is 0 Å². The van der Waals surface area contributed by atoms with Crippen molar-refractivity contribution in [3.63, 3.8) is 0 Å². The Kier molecular flexibility index (Phi) is 4.97. The fourth-order valence-corrected chi connectivity index (χ4v) is 2.49. The van der Waals surface area contributed by atoms with Gasteiger partial charge in [-0.15, -0.1) is 0 Å². The molecule has 0 aromatic heterocycles. The Balaban J connectivity index is 2.07. The number of hydrogen-bond acceptors (Lipinski definition) is 2. The van der Waals surface area contributed by atoms with Gasteiger partial charge in [-0.05, 0) is 36.1 Å². The minimum Gasteiger partial charge on any atom is -0.396 e. The number of nitrogens with one attached hydrogen (secondary N) is 1. The summed E-state index contributed by atoms with van der Waals surface area (Å²) in [6.07, 6.45) is 1.75. The first kappa shape index (κ1) is 15.5. The highest BCUT2D eigenvalue weighted by atomic mass is 16.3. The molecule has 0 saturated carbocycles. The lowest BCUT2D eigenvalue weighted by Crippen LogP contribution is -2.46. The number of benzene rings is 2. The van der Waals surface area contributed by atoms with Crippen LogP contribution in [0.5, 0.6) is 0 Å². The molecule has 1 amide bonds. The Labute approximate surface area is 126 Å². The van der Waals surface area contributed by atoms with E-state index in [1.165, 1.54) is 5.39 Å². The maximum atomic E-state index is 12.2. The first-order chi connectivity index (χ1) is 10.1. The van der Waals surface area contributed by atoms with Crippen LogP contribution in [0, 0.1) is 0 Å². The zero-order valence-corrected chi connectivity index (χ0v) is 12.7. The van der Waals surface area contributed by atoms with E-state index in [2.05, 4.69) is 23.5 Å². The number of carbonyl (C=O) groups is 1. The summed E-state index contributed by atoms with van der Waals surface area (Å²) < 4.78 is 0. The first-order valence-corrected chi connectivity index (χ1v) is 7.46.